The summed E-state index contributed by atoms with van der Waals surface area (Å²) in [5, 5.41) is 17.6. The third kappa shape index (κ3) is 3.20. The molecule has 0 bridgehead atoms. The molecule has 2 aromatic carbocycles. The van der Waals surface area contributed by atoms with Crippen molar-refractivity contribution in [2.75, 3.05) is 13.1 Å². The average Bonchev–Trinajstić information content (AvgIpc) is 3.06. The molecule has 1 amide bonds. The second-order valence-corrected chi connectivity index (χ2v) is 6.48. The van der Waals surface area contributed by atoms with E-state index in [9.17, 15) is 9.90 Å². The van der Waals surface area contributed by atoms with E-state index < -0.39 is 0 Å². The minimum atomic E-state index is 0.0832. The lowest BCUT2D eigenvalue weighted by Crippen LogP contribution is -2.39. The van der Waals surface area contributed by atoms with Crippen LogP contribution in [0.1, 0.15) is 24.3 Å². The van der Waals surface area contributed by atoms with Crippen LogP contribution >= 0.6 is 0 Å². The fourth-order valence-electron chi connectivity index (χ4n) is 3.47. The van der Waals surface area contributed by atoms with Gasteiger partial charge >= 0.3 is 0 Å². The Balaban J connectivity index is 1.39. The number of fused-ring (bicyclic) bond motifs is 1. The molecular weight excluding hydrogens is 316 g/mol. The third-order valence-corrected chi connectivity index (χ3v) is 4.92. The first-order valence-electron chi connectivity index (χ1n) is 8.55. The molecule has 2 heterocycles. The van der Waals surface area contributed by atoms with E-state index in [-0.39, 0.29) is 18.2 Å². The molecule has 6 heteroatoms. The molecule has 0 aliphatic carbocycles. The van der Waals surface area contributed by atoms with Crippen molar-refractivity contribution in [3.05, 3.63) is 54.1 Å². The number of phenolic OH excluding ortho intramolecular Hbond substituents is 1. The maximum Gasteiger partial charge on any atom is 0.244 e. The van der Waals surface area contributed by atoms with Gasteiger partial charge in [-0.2, -0.15) is 0 Å². The van der Waals surface area contributed by atoms with E-state index in [1.807, 2.05) is 41.3 Å². The van der Waals surface area contributed by atoms with Gasteiger partial charge in [-0.1, -0.05) is 29.5 Å². The quantitative estimate of drug-likeness (QED) is 0.798. The molecule has 25 heavy (non-hydrogen) atoms. The van der Waals surface area contributed by atoms with Crippen LogP contribution in [0.25, 0.3) is 11.0 Å². The Morgan fingerprint density at radius 2 is 1.80 bits per heavy atom. The zero-order chi connectivity index (χ0) is 17.2. The number of piperidine rings is 1. The summed E-state index contributed by atoms with van der Waals surface area (Å²) in [7, 11) is 0. The smallest absolute Gasteiger partial charge is 0.244 e. The van der Waals surface area contributed by atoms with Crippen LogP contribution in [-0.4, -0.2) is 44.0 Å². The molecule has 1 fully saturated rings. The van der Waals surface area contributed by atoms with Crippen molar-refractivity contribution in [3.63, 3.8) is 0 Å². The summed E-state index contributed by atoms with van der Waals surface area (Å²) in [5.41, 5.74) is 2.92. The largest absolute Gasteiger partial charge is 0.508 e. The van der Waals surface area contributed by atoms with E-state index in [4.69, 9.17) is 0 Å². The lowest BCUT2D eigenvalue weighted by atomic mass is 9.89. The van der Waals surface area contributed by atoms with Gasteiger partial charge in [0.15, 0.2) is 0 Å². The highest BCUT2D eigenvalue weighted by Gasteiger charge is 2.24. The summed E-state index contributed by atoms with van der Waals surface area (Å²) in [4.78, 5) is 14.5. The van der Waals surface area contributed by atoms with E-state index in [1.165, 1.54) is 5.56 Å². The van der Waals surface area contributed by atoms with Gasteiger partial charge in [-0.05, 0) is 48.6 Å². The summed E-state index contributed by atoms with van der Waals surface area (Å²) < 4.78 is 1.67. The normalized spacial score (nSPS) is 15.6. The van der Waals surface area contributed by atoms with Gasteiger partial charge in [0.1, 0.15) is 17.8 Å². The van der Waals surface area contributed by atoms with Crippen molar-refractivity contribution in [2.45, 2.75) is 25.3 Å². The van der Waals surface area contributed by atoms with E-state index in [1.54, 1.807) is 16.8 Å². The Labute approximate surface area is 145 Å². The number of aromatic hydroxyl groups is 1. The standard InChI is InChI=1S/C19H20N4O2/c24-16-7-5-14(6-8-16)15-9-11-22(12-10-15)19(25)13-23-18-4-2-1-3-17(18)20-21-23/h1-8,15,24H,9-13H2. The maximum atomic E-state index is 12.6. The SMILES string of the molecule is O=C(Cn1nnc2ccccc21)N1CCC(c2ccc(O)cc2)CC1. The molecule has 1 aromatic heterocycles. The van der Waals surface area contributed by atoms with Crippen LogP contribution in [0, 0.1) is 0 Å². The number of rotatable bonds is 3. The summed E-state index contributed by atoms with van der Waals surface area (Å²) in [6.07, 6.45) is 1.88. The highest BCUT2D eigenvalue weighted by atomic mass is 16.3. The number of para-hydroxylation sites is 1. The number of likely N-dealkylation sites (tertiary alicyclic amines) is 1. The van der Waals surface area contributed by atoms with Crippen molar-refractivity contribution >= 4 is 16.9 Å². The van der Waals surface area contributed by atoms with Crippen molar-refractivity contribution in [1.82, 2.24) is 19.9 Å². The second kappa shape index (κ2) is 6.55. The number of amides is 1. The zero-order valence-corrected chi connectivity index (χ0v) is 13.9. The fourth-order valence-corrected chi connectivity index (χ4v) is 3.47. The molecule has 128 valence electrons. The molecule has 1 aliphatic heterocycles. The van der Waals surface area contributed by atoms with Gasteiger partial charge in [0.2, 0.25) is 5.91 Å². The molecule has 0 saturated carbocycles. The number of carbonyl (C=O) groups is 1. The molecule has 0 atom stereocenters. The summed E-state index contributed by atoms with van der Waals surface area (Å²) in [6, 6.07) is 15.1. The van der Waals surface area contributed by atoms with E-state index in [0.29, 0.717) is 5.92 Å². The van der Waals surface area contributed by atoms with Crippen LogP contribution in [0.3, 0.4) is 0 Å². The van der Waals surface area contributed by atoms with Gasteiger partial charge in [-0.15, -0.1) is 5.10 Å². The molecule has 3 aromatic rings. The lowest BCUT2D eigenvalue weighted by Gasteiger charge is -2.32. The van der Waals surface area contributed by atoms with Gasteiger partial charge in [0.25, 0.3) is 0 Å². The van der Waals surface area contributed by atoms with Crippen molar-refractivity contribution < 1.29 is 9.90 Å². The van der Waals surface area contributed by atoms with Crippen molar-refractivity contribution in [1.29, 1.82) is 0 Å². The fraction of sp³-hybridized carbons (Fsp3) is 0.316. The zero-order valence-electron chi connectivity index (χ0n) is 13.9. The first-order valence-corrected chi connectivity index (χ1v) is 8.55. The molecule has 0 radical (unpaired) electrons. The Morgan fingerprint density at radius 1 is 1.08 bits per heavy atom. The molecule has 4 rings (SSSR count). The van der Waals surface area contributed by atoms with Gasteiger partial charge in [-0.3, -0.25) is 4.79 Å². The molecule has 0 unspecified atom stereocenters. The average molecular weight is 336 g/mol. The molecule has 6 nitrogen and oxygen atoms in total. The van der Waals surface area contributed by atoms with Crippen LogP contribution in [-0.2, 0) is 11.3 Å². The summed E-state index contributed by atoms with van der Waals surface area (Å²) in [6.45, 7) is 1.72. The highest BCUT2D eigenvalue weighted by Crippen LogP contribution is 2.29. The van der Waals surface area contributed by atoms with Crippen molar-refractivity contribution in [3.8, 4) is 5.75 Å². The monoisotopic (exact) mass is 336 g/mol. The first kappa shape index (κ1) is 15.6. The Bertz CT molecular complexity index is 880. The van der Waals surface area contributed by atoms with Crippen LogP contribution < -0.4 is 0 Å². The second-order valence-electron chi connectivity index (χ2n) is 6.48. The van der Waals surface area contributed by atoms with Gasteiger partial charge in [0, 0.05) is 13.1 Å². The molecule has 1 N–H and O–H groups in total. The third-order valence-electron chi connectivity index (χ3n) is 4.92. The van der Waals surface area contributed by atoms with E-state index in [2.05, 4.69) is 10.3 Å². The number of benzene rings is 2. The molecular formula is C19H20N4O2. The first-order chi connectivity index (χ1) is 12.2. The highest BCUT2D eigenvalue weighted by molar-refractivity contribution is 5.79. The molecule has 1 aliphatic rings. The van der Waals surface area contributed by atoms with Crippen LogP contribution in [0.2, 0.25) is 0 Å². The van der Waals surface area contributed by atoms with Crippen LogP contribution in [0.5, 0.6) is 5.75 Å². The topological polar surface area (TPSA) is 71.2 Å². The minimum Gasteiger partial charge on any atom is -0.508 e. The number of hydrogen-bond donors (Lipinski definition) is 1. The maximum absolute atomic E-state index is 12.6. The number of phenols is 1. The predicted octanol–water partition coefficient (Wildman–Crippen LogP) is 2.54. The van der Waals surface area contributed by atoms with Crippen LogP contribution in [0.15, 0.2) is 48.5 Å². The van der Waals surface area contributed by atoms with E-state index >= 15 is 0 Å². The van der Waals surface area contributed by atoms with Gasteiger partial charge in [-0.25, -0.2) is 4.68 Å². The molecule has 1 saturated heterocycles. The number of carbonyl (C=O) groups excluding carboxylic acids is 1. The Kier molecular flexibility index (Phi) is 4.09. The predicted molar refractivity (Wildman–Crippen MR) is 94.2 cm³/mol. The number of hydrogen-bond acceptors (Lipinski definition) is 4. The minimum absolute atomic E-state index is 0.0832. The van der Waals surface area contributed by atoms with Gasteiger partial charge < -0.3 is 10.0 Å². The van der Waals surface area contributed by atoms with Crippen LogP contribution in [0.4, 0.5) is 0 Å². The lowest BCUT2D eigenvalue weighted by molar-refractivity contribution is -0.133. The Hall–Kier alpha value is -2.89. The summed E-state index contributed by atoms with van der Waals surface area (Å²) >= 11 is 0. The van der Waals surface area contributed by atoms with Gasteiger partial charge in [0.05, 0.1) is 5.52 Å². The Morgan fingerprint density at radius 3 is 2.56 bits per heavy atom. The number of nitrogens with zero attached hydrogens (tertiary/aromatic N) is 4. The molecule has 0 spiro atoms. The summed E-state index contributed by atoms with van der Waals surface area (Å²) in [5.74, 6) is 0.813. The number of aromatic nitrogens is 3. The van der Waals surface area contributed by atoms with E-state index in [0.717, 1.165) is 37.0 Å². The van der Waals surface area contributed by atoms with Crippen molar-refractivity contribution in [2.24, 2.45) is 0 Å².